The first-order chi connectivity index (χ1) is 8.22. The monoisotopic (exact) mass is 288 g/mol. The zero-order valence-corrected chi connectivity index (χ0v) is 12.7. The fourth-order valence-electron chi connectivity index (χ4n) is 2.51. The Balaban J connectivity index is 0.00000162. The number of aryl methyl sites for hydroxylation is 1. The third-order valence-electron chi connectivity index (χ3n) is 3.66. The minimum absolute atomic E-state index is 0. The summed E-state index contributed by atoms with van der Waals surface area (Å²) in [5, 5.41) is 4.31. The molecule has 0 aromatic heterocycles. The van der Waals surface area contributed by atoms with Crippen LogP contribution in [0.1, 0.15) is 24.5 Å². The summed E-state index contributed by atoms with van der Waals surface area (Å²) < 4.78 is 0. The SMILES string of the molecule is CCc1cccc(Cl)c1CN(C)C1CCNC1.Cl. The summed E-state index contributed by atoms with van der Waals surface area (Å²) in [6.07, 6.45) is 2.29. The molecule has 0 bridgehead atoms. The first-order valence-electron chi connectivity index (χ1n) is 6.39. The van der Waals surface area contributed by atoms with Crippen LogP contribution in [0.4, 0.5) is 0 Å². The molecule has 1 saturated heterocycles. The smallest absolute Gasteiger partial charge is 0.0453 e. The van der Waals surface area contributed by atoms with Gasteiger partial charge in [-0.2, -0.15) is 0 Å². The minimum Gasteiger partial charge on any atom is -0.315 e. The number of nitrogens with zero attached hydrogens (tertiary/aromatic N) is 1. The Labute approximate surface area is 121 Å². The van der Waals surface area contributed by atoms with Gasteiger partial charge >= 0.3 is 0 Å². The predicted molar refractivity (Wildman–Crippen MR) is 80.8 cm³/mol. The summed E-state index contributed by atoms with van der Waals surface area (Å²) >= 11 is 6.32. The maximum absolute atomic E-state index is 6.32. The van der Waals surface area contributed by atoms with Gasteiger partial charge in [0.05, 0.1) is 0 Å². The van der Waals surface area contributed by atoms with Gasteiger partial charge in [-0.3, -0.25) is 4.90 Å². The number of nitrogens with one attached hydrogen (secondary N) is 1. The van der Waals surface area contributed by atoms with E-state index in [9.17, 15) is 0 Å². The zero-order valence-electron chi connectivity index (χ0n) is 11.1. The lowest BCUT2D eigenvalue weighted by atomic mass is 10.0. The van der Waals surface area contributed by atoms with Gasteiger partial charge in [0.15, 0.2) is 0 Å². The lowest BCUT2D eigenvalue weighted by molar-refractivity contribution is 0.248. The molecule has 2 rings (SSSR count). The van der Waals surface area contributed by atoms with E-state index >= 15 is 0 Å². The Hall–Kier alpha value is -0.280. The zero-order chi connectivity index (χ0) is 12.3. The molecule has 4 heteroatoms. The highest BCUT2D eigenvalue weighted by Crippen LogP contribution is 2.23. The average molecular weight is 289 g/mol. The molecule has 1 heterocycles. The molecule has 0 saturated carbocycles. The molecule has 0 radical (unpaired) electrons. The number of rotatable bonds is 4. The average Bonchev–Trinajstić information content (AvgIpc) is 2.85. The summed E-state index contributed by atoms with van der Waals surface area (Å²) in [6, 6.07) is 6.87. The molecule has 0 amide bonds. The molecule has 1 aromatic rings. The summed E-state index contributed by atoms with van der Waals surface area (Å²) in [5.41, 5.74) is 2.67. The second kappa shape index (κ2) is 7.34. The molecule has 1 N–H and O–H groups in total. The molecule has 0 aliphatic carbocycles. The number of hydrogen-bond acceptors (Lipinski definition) is 2. The van der Waals surface area contributed by atoms with E-state index in [0.29, 0.717) is 6.04 Å². The highest BCUT2D eigenvalue weighted by molar-refractivity contribution is 6.31. The van der Waals surface area contributed by atoms with Gasteiger partial charge in [0.2, 0.25) is 0 Å². The predicted octanol–water partition coefficient (Wildman–Crippen LogP) is 3.12. The lowest BCUT2D eigenvalue weighted by Crippen LogP contribution is -2.33. The highest BCUT2D eigenvalue weighted by Gasteiger charge is 2.20. The van der Waals surface area contributed by atoms with Crippen molar-refractivity contribution in [2.24, 2.45) is 0 Å². The van der Waals surface area contributed by atoms with Crippen LogP contribution in [0.25, 0.3) is 0 Å². The summed E-state index contributed by atoms with van der Waals surface area (Å²) in [7, 11) is 2.19. The molecule has 1 aliphatic heterocycles. The van der Waals surface area contributed by atoms with E-state index in [-0.39, 0.29) is 12.4 Å². The summed E-state index contributed by atoms with van der Waals surface area (Å²) in [4.78, 5) is 2.42. The lowest BCUT2D eigenvalue weighted by Gasteiger charge is -2.25. The van der Waals surface area contributed by atoms with Crippen LogP contribution in [0.5, 0.6) is 0 Å². The molecule has 1 unspecified atom stereocenters. The van der Waals surface area contributed by atoms with Crippen molar-refractivity contribution < 1.29 is 0 Å². The van der Waals surface area contributed by atoms with Crippen LogP contribution >= 0.6 is 24.0 Å². The van der Waals surface area contributed by atoms with Crippen molar-refractivity contribution in [1.29, 1.82) is 0 Å². The fourth-order valence-corrected chi connectivity index (χ4v) is 2.76. The summed E-state index contributed by atoms with van der Waals surface area (Å²) in [6.45, 7) is 5.38. The van der Waals surface area contributed by atoms with Gasteiger partial charge < -0.3 is 5.32 Å². The molecule has 1 fully saturated rings. The van der Waals surface area contributed by atoms with E-state index < -0.39 is 0 Å². The number of likely N-dealkylation sites (N-methyl/N-ethyl adjacent to an activating group) is 1. The van der Waals surface area contributed by atoms with Crippen molar-refractivity contribution in [2.45, 2.75) is 32.4 Å². The maximum atomic E-state index is 6.32. The molecule has 1 aromatic carbocycles. The Bertz CT molecular complexity index is 376. The topological polar surface area (TPSA) is 15.3 Å². The van der Waals surface area contributed by atoms with Crippen molar-refractivity contribution in [3.05, 3.63) is 34.3 Å². The number of hydrogen-bond donors (Lipinski definition) is 1. The first-order valence-corrected chi connectivity index (χ1v) is 6.77. The molecule has 2 nitrogen and oxygen atoms in total. The highest BCUT2D eigenvalue weighted by atomic mass is 35.5. The van der Waals surface area contributed by atoms with E-state index in [2.05, 4.69) is 30.3 Å². The Morgan fingerprint density at radius 3 is 2.83 bits per heavy atom. The molecule has 102 valence electrons. The van der Waals surface area contributed by atoms with Crippen LogP contribution < -0.4 is 5.32 Å². The van der Waals surface area contributed by atoms with Gasteiger partial charge in [-0.05, 0) is 43.6 Å². The third-order valence-corrected chi connectivity index (χ3v) is 4.02. The van der Waals surface area contributed by atoms with Crippen LogP contribution in [0, 0.1) is 0 Å². The third kappa shape index (κ3) is 3.61. The molecule has 18 heavy (non-hydrogen) atoms. The largest absolute Gasteiger partial charge is 0.315 e. The first kappa shape index (κ1) is 15.8. The number of halogens is 2. The van der Waals surface area contributed by atoms with Crippen LogP contribution in [0.3, 0.4) is 0 Å². The normalized spacial score (nSPS) is 19.0. The molecule has 1 atom stereocenters. The Kier molecular flexibility index (Phi) is 6.44. The number of benzene rings is 1. The van der Waals surface area contributed by atoms with E-state index in [4.69, 9.17) is 11.6 Å². The minimum atomic E-state index is 0. The van der Waals surface area contributed by atoms with Gasteiger partial charge in [0.25, 0.3) is 0 Å². The van der Waals surface area contributed by atoms with Crippen LogP contribution in [-0.2, 0) is 13.0 Å². The summed E-state index contributed by atoms with van der Waals surface area (Å²) in [5.74, 6) is 0. The van der Waals surface area contributed by atoms with Crippen molar-refractivity contribution >= 4 is 24.0 Å². The molecule has 0 spiro atoms. The van der Waals surface area contributed by atoms with Crippen LogP contribution in [0.15, 0.2) is 18.2 Å². The van der Waals surface area contributed by atoms with E-state index in [1.165, 1.54) is 17.5 Å². The standard InChI is InChI=1S/C14H21ClN2.ClH/c1-3-11-5-4-6-14(15)13(11)10-17(2)12-7-8-16-9-12;/h4-6,12,16H,3,7-10H2,1-2H3;1H. The van der Waals surface area contributed by atoms with Crippen molar-refractivity contribution in [3.8, 4) is 0 Å². The van der Waals surface area contributed by atoms with Gasteiger partial charge in [-0.15, -0.1) is 12.4 Å². The van der Waals surface area contributed by atoms with Crippen molar-refractivity contribution in [2.75, 3.05) is 20.1 Å². The van der Waals surface area contributed by atoms with Crippen LogP contribution in [-0.4, -0.2) is 31.1 Å². The molecule has 1 aliphatic rings. The van der Waals surface area contributed by atoms with E-state index in [1.807, 2.05) is 12.1 Å². The second-order valence-electron chi connectivity index (χ2n) is 4.79. The fraction of sp³-hybridized carbons (Fsp3) is 0.571. The maximum Gasteiger partial charge on any atom is 0.0453 e. The quantitative estimate of drug-likeness (QED) is 0.916. The van der Waals surface area contributed by atoms with Gasteiger partial charge in [0, 0.05) is 24.2 Å². The Morgan fingerprint density at radius 1 is 1.44 bits per heavy atom. The van der Waals surface area contributed by atoms with Crippen molar-refractivity contribution in [3.63, 3.8) is 0 Å². The molecular formula is C14H22Cl2N2. The van der Waals surface area contributed by atoms with Crippen LogP contribution in [0.2, 0.25) is 5.02 Å². The van der Waals surface area contributed by atoms with Crippen molar-refractivity contribution in [1.82, 2.24) is 10.2 Å². The van der Waals surface area contributed by atoms with E-state index in [0.717, 1.165) is 31.1 Å². The van der Waals surface area contributed by atoms with E-state index in [1.54, 1.807) is 0 Å². The second-order valence-corrected chi connectivity index (χ2v) is 5.20. The Morgan fingerprint density at radius 2 is 2.22 bits per heavy atom. The van der Waals surface area contributed by atoms with Gasteiger partial charge in [0.1, 0.15) is 0 Å². The molecular weight excluding hydrogens is 267 g/mol. The van der Waals surface area contributed by atoms with Gasteiger partial charge in [-0.1, -0.05) is 30.7 Å². The van der Waals surface area contributed by atoms with Gasteiger partial charge in [-0.25, -0.2) is 0 Å².